The summed E-state index contributed by atoms with van der Waals surface area (Å²) in [4.78, 5) is 24.9. The van der Waals surface area contributed by atoms with Gasteiger partial charge in [-0.3, -0.25) is 9.59 Å². The van der Waals surface area contributed by atoms with E-state index in [1.165, 1.54) is 7.05 Å². The zero-order chi connectivity index (χ0) is 21.8. The van der Waals surface area contributed by atoms with Gasteiger partial charge in [0, 0.05) is 19.6 Å². The molecule has 7 atom stereocenters. The van der Waals surface area contributed by atoms with Gasteiger partial charge >= 0.3 is 0 Å². The molecule has 1 heterocycles. The topological polar surface area (TPSA) is 128 Å². The predicted molar refractivity (Wildman–Crippen MR) is 108 cm³/mol. The number of carbonyl (C=O) groups is 2. The number of hydrogen-bond donors (Lipinski definition) is 4. The first-order chi connectivity index (χ1) is 12.7. The minimum atomic E-state index is -3.42. The van der Waals surface area contributed by atoms with Gasteiger partial charge in [0.1, 0.15) is 6.04 Å². The first kappa shape index (κ1) is 24.8. The molecule has 2 amide bonds. The number of aliphatic hydroxyl groups excluding tert-OH is 1. The number of nitrogens with one attached hydrogen (secondary N) is 3. The number of carbonyl (C=O) groups excluding carboxylic acids is 2. The Hall–Kier alpha value is -1.23. The molecule has 0 aromatic rings. The van der Waals surface area contributed by atoms with Gasteiger partial charge in [0.2, 0.25) is 21.8 Å². The van der Waals surface area contributed by atoms with E-state index in [2.05, 4.69) is 29.8 Å². The standard InChI is InChI=1S/C18H36N4O5S/c1-10-8-15(19-12(3)11(10)2)18(25)21-14(5)17(24)20-13(4)16(23)9-22(6)28(7,26)27/h10-16,19,23H,8-9H2,1-7H3,(H,20,24)(H,21,25)/t10?,11?,12?,13-,14?,15?,16+/m0/s1. The summed E-state index contributed by atoms with van der Waals surface area (Å²) in [6.07, 6.45) is 0.677. The van der Waals surface area contributed by atoms with Gasteiger partial charge in [0.15, 0.2) is 0 Å². The zero-order valence-electron chi connectivity index (χ0n) is 17.9. The van der Waals surface area contributed by atoms with Crippen LogP contribution in [0, 0.1) is 11.8 Å². The zero-order valence-corrected chi connectivity index (χ0v) is 18.7. The molecule has 5 unspecified atom stereocenters. The Morgan fingerprint density at radius 1 is 1.21 bits per heavy atom. The highest BCUT2D eigenvalue weighted by molar-refractivity contribution is 7.88. The Morgan fingerprint density at radius 3 is 2.29 bits per heavy atom. The molecule has 0 radical (unpaired) electrons. The van der Waals surface area contributed by atoms with Crippen molar-refractivity contribution in [1.82, 2.24) is 20.3 Å². The van der Waals surface area contributed by atoms with Gasteiger partial charge < -0.3 is 21.1 Å². The number of aliphatic hydroxyl groups is 1. The molecule has 1 saturated heterocycles. The second kappa shape index (κ2) is 10.00. The van der Waals surface area contributed by atoms with Crippen LogP contribution in [0.25, 0.3) is 0 Å². The fourth-order valence-electron chi connectivity index (χ4n) is 3.18. The van der Waals surface area contributed by atoms with Gasteiger partial charge in [0.25, 0.3) is 0 Å². The van der Waals surface area contributed by atoms with E-state index in [0.717, 1.165) is 10.6 Å². The molecular weight excluding hydrogens is 384 g/mol. The van der Waals surface area contributed by atoms with E-state index in [0.29, 0.717) is 18.3 Å². The highest BCUT2D eigenvalue weighted by Gasteiger charge is 2.34. The summed E-state index contributed by atoms with van der Waals surface area (Å²) in [7, 11) is -2.06. The van der Waals surface area contributed by atoms with Crippen LogP contribution in [-0.2, 0) is 19.6 Å². The van der Waals surface area contributed by atoms with Crippen LogP contribution in [0.15, 0.2) is 0 Å². The van der Waals surface area contributed by atoms with Gasteiger partial charge in [0.05, 0.1) is 24.4 Å². The number of likely N-dealkylation sites (N-methyl/N-ethyl adjacent to an activating group) is 1. The quantitative estimate of drug-likeness (QED) is 0.410. The summed E-state index contributed by atoms with van der Waals surface area (Å²) < 4.78 is 23.9. The molecule has 1 aliphatic rings. The van der Waals surface area contributed by atoms with Crippen LogP contribution in [0.4, 0.5) is 0 Å². The molecule has 4 N–H and O–H groups in total. The van der Waals surface area contributed by atoms with Gasteiger partial charge in [-0.1, -0.05) is 13.8 Å². The van der Waals surface area contributed by atoms with Crippen molar-refractivity contribution in [3.8, 4) is 0 Å². The molecule has 164 valence electrons. The maximum atomic E-state index is 12.5. The second-order valence-electron chi connectivity index (χ2n) is 8.22. The third-order valence-electron chi connectivity index (χ3n) is 5.78. The summed E-state index contributed by atoms with van der Waals surface area (Å²) in [6.45, 7) is 9.34. The lowest BCUT2D eigenvalue weighted by Crippen LogP contribution is -2.58. The van der Waals surface area contributed by atoms with Crippen molar-refractivity contribution in [1.29, 1.82) is 0 Å². The van der Waals surface area contributed by atoms with Crippen LogP contribution < -0.4 is 16.0 Å². The number of sulfonamides is 1. The van der Waals surface area contributed by atoms with Gasteiger partial charge in [-0.2, -0.15) is 0 Å². The van der Waals surface area contributed by atoms with E-state index >= 15 is 0 Å². The van der Waals surface area contributed by atoms with Crippen molar-refractivity contribution in [3.63, 3.8) is 0 Å². The van der Waals surface area contributed by atoms with Crippen LogP contribution in [-0.4, -0.2) is 79.8 Å². The highest BCUT2D eigenvalue weighted by atomic mass is 32.2. The van der Waals surface area contributed by atoms with Crippen molar-refractivity contribution in [2.45, 2.75) is 71.3 Å². The minimum Gasteiger partial charge on any atom is -0.390 e. The van der Waals surface area contributed by atoms with Crippen LogP contribution in [0.3, 0.4) is 0 Å². The van der Waals surface area contributed by atoms with Crippen LogP contribution in [0.5, 0.6) is 0 Å². The van der Waals surface area contributed by atoms with E-state index in [1.807, 2.05) is 6.92 Å². The lowest BCUT2D eigenvalue weighted by molar-refractivity contribution is -0.131. The molecule has 1 rings (SSSR count). The number of amides is 2. The van der Waals surface area contributed by atoms with Gasteiger partial charge in [-0.15, -0.1) is 0 Å². The monoisotopic (exact) mass is 420 g/mol. The maximum absolute atomic E-state index is 12.5. The van der Waals surface area contributed by atoms with Crippen molar-refractivity contribution in [2.24, 2.45) is 11.8 Å². The third-order valence-corrected chi connectivity index (χ3v) is 7.07. The van der Waals surface area contributed by atoms with Crippen LogP contribution in [0.2, 0.25) is 0 Å². The molecule has 0 aromatic heterocycles. The number of hydrogen-bond acceptors (Lipinski definition) is 6. The Labute approximate surface area is 168 Å². The Morgan fingerprint density at radius 2 is 1.79 bits per heavy atom. The molecule has 10 heteroatoms. The van der Waals surface area contributed by atoms with Gasteiger partial charge in [-0.25, -0.2) is 12.7 Å². The maximum Gasteiger partial charge on any atom is 0.242 e. The fourth-order valence-corrected chi connectivity index (χ4v) is 3.60. The molecular formula is C18H36N4O5S. The Balaban J connectivity index is 2.54. The summed E-state index contributed by atoms with van der Waals surface area (Å²) in [5.41, 5.74) is 0. The summed E-state index contributed by atoms with van der Waals surface area (Å²) in [6, 6.07) is -1.58. The number of nitrogens with zero attached hydrogens (tertiary/aromatic N) is 1. The Kier molecular flexibility index (Phi) is 8.86. The SMILES string of the molecule is CC(NC(=O)C1CC(C)C(C)C(C)N1)C(=O)N[C@@H](C)[C@H](O)CN(C)S(C)(=O)=O. The predicted octanol–water partition coefficient (Wildman–Crippen LogP) is -0.729. The molecule has 1 fully saturated rings. The average Bonchev–Trinajstić information content (AvgIpc) is 2.57. The van der Waals surface area contributed by atoms with Crippen molar-refractivity contribution in [2.75, 3.05) is 19.8 Å². The fraction of sp³-hybridized carbons (Fsp3) is 0.889. The Bertz CT molecular complexity index is 644. The second-order valence-corrected chi connectivity index (χ2v) is 10.3. The largest absolute Gasteiger partial charge is 0.390 e. The van der Waals surface area contributed by atoms with Gasteiger partial charge in [-0.05, 0) is 39.0 Å². The van der Waals surface area contributed by atoms with Crippen molar-refractivity contribution in [3.05, 3.63) is 0 Å². The molecule has 0 saturated carbocycles. The number of rotatable bonds is 8. The summed E-state index contributed by atoms with van der Waals surface area (Å²) in [5.74, 6) is 0.209. The molecule has 9 nitrogen and oxygen atoms in total. The highest BCUT2D eigenvalue weighted by Crippen LogP contribution is 2.25. The summed E-state index contributed by atoms with van der Waals surface area (Å²) >= 11 is 0. The number of piperidine rings is 1. The minimum absolute atomic E-state index is 0.138. The van der Waals surface area contributed by atoms with E-state index in [-0.39, 0.29) is 24.5 Å². The van der Waals surface area contributed by atoms with Crippen LogP contribution in [0.1, 0.15) is 41.0 Å². The van der Waals surface area contributed by atoms with Crippen LogP contribution >= 0.6 is 0 Å². The van der Waals surface area contributed by atoms with Crippen molar-refractivity contribution < 1.29 is 23.1 Å². The normalized spacial score (nSPS) is 29.0. The molecule has 0 aromatic carbocycles. The smallest absolute Gasteiger partial charge is 0.242 e. The molecule has 0 aliphatic carbocycles. The first-order valence-corrected chi connectivity index (χ1v) is 11.5. The first-order valence-electron chi connectivity index (χ1n) is 9.70. The average molecular weight is 421 g/mol. The lowest BCUT2D eigenvalue weighted by Gasteiger charge is -2.38. The van der Waals surface area contributed by atoms with E-state index in [1.54, 1.807) is 13.8 Å². The van der Waals surface area contributed by atoms with E-state index in [9.17, 15) is 23.1 Å². The van der Waals surface area contributed by atoms with Crippen molar-refractivity contribution >= 4 is 21.8 Å². The molecule has 0 bridgehead atoms. The van der Waals surface area contributed by atoms with E-state index in [4.69, 9.17) is 0 Å². The third kappa shape index (κ3) is 6.98. The lowest BCUT2D eigenvalue weighted by atomic mass is 9.80. The summed E-state index contributed by atoms with van der Waals surface area (Å²) in [5, 5.41) is 18.8. The van der Waals surface area contributed by atoms with E-state index < -0.39 is 34.1 Å². The molecule has 28 heavy (non-hydrogen) atoms. The molecule has 1 aliphatic heterocycles. The molecule has 0 spiro atoms.